The lowest BCUT2D eigenvalue weighted by Gasteiger charge is -2.38. The molecule has 37 heavy (non-hydrogen) atoms. The molecule has 12 heteroatoms. The van der Waals surface area contributed by atoms with E-state index >= 15 is 0 Å². The topological polar surface area (TPSA) is 124 Å². The summed E-state index contributed by atoms with van der Waals surface area (Å²) >= 11 is 5.93. The smallest absolute Gasteiger partial charge is 0.410 e. The second-order valence-corrected chi connectivity index (χ2v) is 10.2. The molecule has 1 atom stereocenters. The maximum absolute atomic E-state index is 12.8. The molecule has 11 nitrogen and oxygen atoms in total. The molecule has 3 amide bonds. The summed E-state index contributed by atoms with van der Waals surface area (Å²) in [6.07, 6.45) is 0.0559. The molecule has 1 aliphatic heterocycles. The second-order valence-electron chi connectivity index (χ2n) is 9.72. The normalized spacial score (nSPS) is 14.5. The average molecular weight is 528 g/mol. The minimum absolute atomic E-state index is 0.127. The van der Waals surface area contributed by atoms with Gasteiger partial charge in [-0.2, -0.15) is 4.80 Å². The van der Waals surface area contributed by atoms with E-state index in [1.54, 1.807) is 36.3 Å². The Morgan fingerprint density at radius 2 is 1.78 bits per heavy atom. The first-order chi connectivity index (χ1) is 17.6. The summed E-state index contributed by atoms with van der Waals surface area (Å²) in [5, 5.41) is 19.2. The Bertz CT molecular complexity index is 1220. The number of carbonyl (C=O) groups is 2. The van der Waals surface area contributed by atoms with Crippen LogP contribution >= 0.6 is 11.6 Å². The van der Waals surface area contributed by atoms with Crippen molar-refractivity contribution >= 4 is 29.4 Å². The monoisotopic (exact) mass is 527 g/mol. The fourth-order valence-corrected chi connectivity index (χ4v) is 3.80. The SMILES string of the molecule is COc1ccc(C[C@H](NC(=O)Nc2ccc(Cl)cc2)c2nnn(C3CN(C(=O)OC(C)(C)C)C3)n2)cc1. The van der Waals surface area contributed by atoms with Crippen molar-refractivity contribution in [1.29, 1.82) is 0 Å². The maximum atomic E-state index is 12.8. The third-order valence-electron chi connectivity index (χ3n) is 5.60. The number of urea groups is 1. The number of amides is 3. The fraction of sp³-hybridized carbons (Fsp3) is 0.400. The molecule has 0 unspecified atom stereocenters. The zero-order valence-electron chi connectivity index (χ0n) is 21.1. The molecule has 1 aliphatic rings. The molecule has 1 aromatic heterocycles. The van der Waals surface area contributed by atoms with Crippen LogP contribution < -0.4 is 15.4 Å². The van der Waals surface area contributed by atoms with E-state index in [2.05, 4.69) is 26.0 Å². The molecule has 1 saturated heterocycles. The minimum Gasteiger partial charge on any atom is -0.497 e. The Balaban J connectivity index is 1.45. The molecule has 196 valence electrons. The summed E-state index contributed by atoms with van der Waals surface area (Å²) in [5.74, 6) is 1.09. The lowest BCUT2D eigenvalue weighted by Crippen LogP contribution is -2.52. The van der Waals surface area contributed by atoms with Crippen molar-refractivity contribution in [3.05, 3.63) is 64.9 Å². The summed E-state index contributed by atoms with van der Waals surface area (Å²) in [4.78, 5) is 28.1. The van der Waals surface area contributed by atoms with Crippen LogP contribution in [0.5, 0.6) is 5.75 Å². The number of anilines is 1. The number of nitrogens with zero attached hydrogens (tertiary/aromatic N) is 5. The quantitative estimate of drug-likeness (QED) is 0.471. The summed E-state index contributed by atoms with van der Waals surface area (Å²) in [5.41, 5.74) is 0.987. The fourth-order valence-electron chi connectivity index (χ4n) is 3.67. The van der Waals surface area contributed by atoms with E-state index in [1.165, 1.54) is 4.80 Å². The van der Waals surface area contributed by atoms with Crippen LogP contribution in [0.15, 0.2) is 48.5 Å². The highest BCUT2D eigenvalue weighted by molar-refractivity contribution is 6.30. The van der Waals surface area contributed by atoms with Crippen LogP contribution in [-0.4, -0.2) is 63.0 Å². The molecule has 2 heterocycles. The van der Waals surface area contributed by atoms with Gasteiger partial charge in [-0.05, 0) is 67.9 Å². The lowest BCUT2D eigenvalue weighted by atomic mass is 10.1. The van der Waals surface area contributed by atoms with Crippen molar-refractivity contribution in [3.63, 3.8) is 0 Å². The number of likely N-dealkylation sites (tertiary alicyclic amines) is 1. The van der Waals surface area contributed by atoms with Gasteiger partial charge in [0.15, 0.2) is 5.82 Å². The van der Waals surface area contributed by atoms with Crippen molar-refractivity contribution in [2.45, 2.75) is 44.9 Å². The van der Waals surface area contributed by atoms with Gasteiger partial charge in [-0.1, -0.05) is 23.7 Å². The Kier molecular flexibility index (Phi) is 7.82. The number of benzene rings is 2. The molecule has 2 aromatic carbocycles. The number of nitrogens with one attached hydrogen (secondary N) is 2. The van der Waals surface area contributed by atoms with Crippen molar-refractivity contribution in [2.24, 2.45) is 0 Å². The standard InChI is InChI=1S/C25H30ClN7O4/c1-25(2,3)37-24(35)32-14-19(15-32)33-30-22(29-31-33)21(13-16-5-11-20(36-4)12-6-16)28-23(34)27-18-9-7-17(26)8-10-18/h5-12,19,21H,13-15H2,1-4H3,(H2,27,28,34)/t21-/m0/s1. The Morgan fingerprint density at radius 1 is 1.11 bits per heavy atom. The van der Waals surface area contributed by atoms with Gasteiger partial charge in [0.05, 0.1) is 26.2 Å². The van der Waals surface area contributed by atoms with Crippen LogP contribution in [0.2, 0.25) is 5.02 Å². The molecule has 4 rings (SSSR count). The molecule has 0 aliphatic carbocycles. The van der Waals surface area contributed by atoms with Crippen LogP contribution in [0.4, 0.5) is 15.3 Å². The highest BCUT2D eigenvalue weighted by Crippen LogP contribution is 2.24. The van der Waals surface area contributed by atoms with E-state index in [4.69, 9.17) is 21.1 Å². The number of ether oxygens (including phenoxy) is 2. The van der Waals surface area contributed by atoms with Crippen LogP contribution in [0, 0.1) is 0 Å². The predicted molar refractivity (Wildman–Crippen MR) is 138 cm³/mol. The van der Waals surface area contributed by atoms with E-state index in [0.717, 1.165) is 11.3 Å². The predicted octanol–water partition coefficient (Wildman–Crippen LogP) is 4.23. The van der Waals surface area contributed by atoms with Gasteiger partial charge in [0.1, 0.15) is 17.4 Å². The zero-order chi connectivity index (χ0) is 26.6. The van der Waals surface area contributed by atoms with Crippen molar-refractivity contribution in [1.82, 2.24) is 30.4 Å². The molecule has 3 aromatic rings. The largest absolute Gasteiger partial charge is 0.497 e. The summed E-state index contributed by atoms with van der Waals surface area (Å²) in [6, 6.07) is 13.2. The van der Waals surface area contributed by atoms with Crippen molar-refractivity contribution in [2.75, 3.05) is 25.5 Å². The number of aromatic nitrogens is 4. The summed E-state index contributed by atoms with van der Waals surface area (Å²) in [6.45, 7) is 6.31. The molecular formula is C25H30ClN7O4. The van der Waals surface area contributed by atoms with Gasteiger partial charge in [-0.3, -0.25) is 0 Å². The van der Waals surface area contributed by atoms with Gasteiger partial charge < -0.3 is 25.0 Å². The molecule has 0 radical (unpaired) electrons. The minimum atomic E-state index is -0.562. The second kappa shape index (κ2) is 11.0. The van der Waals surface area contributed by atoms with E-state index in [1.807, 2.05) is 45.0 Å². The van der Waals surface area contributed by atoms with Gasteiger partial charge >= 0.3 is 12.1 Å². The number of carbonyl (C=O) groups excluding carboxylic acids is 2. The number of rotatable bonds is 7. The number of halogens is 1. The van der Waals surface area contributed by atoms with Gasteiger partial charge in [0.2, 0.25) is 0 Å². The molecule has 1 fully saturated rings. The van der Waals surface area contributed by atoms with E-state index in [-0.39, 0.29) is 12.1 Å². The number of hydrogen-bond donors (Lipinski definition) is 2. The Morgan fingerprint density at radius 3 is 2.41 bits per heavy atom. The van der Waals surface area contributed by atoms with Gasteiger partial charge in [0, 0.05) is 17.1 Å². The van der Waals surface area contributed by atoms with E-state index < -0.39 is 17.7 Å². The van der Waals surface area contributed by atoms with Gasteiger partial charge in [0.25, 0.3) is 0 Å². The molecular weight excluding hydrogens is 498 g/mol. The number of hydrogen-bond acceptors (Lipinski definition) is 7. The van der Waals surface area contributed by atoms with Gasteiger partial charge in [-0.25, -0.2) is 9.59 Å². The van der Waals surface area contributed by atoms with Crippen LogP contribution in [0.25, 0.3) is 0 Å². The molecule has 2 N–H and O–H groups in total. The number of tetrazole rings is 1. The highest BCUT2D eigenvalue weighted by Gasteiger charge is 2.36. The van der Waals surface area contributed by atoms with Crippen LogP contribution in [0.3, 0.4) is 0 Å². The average Bonchev–Trinajstić information content (AvgIpc) is 3.28. The number of methoxy groups -OCH3 is 1. The lowest BCUT2D eigenvalue weighted by molar-refractivity contribution is -0.00250. The Hall–Kier alpha value is -3.86. The zero-order valence-corrected chi connectivity index (χ0v) is 21.9. The summed E-state index contributed by atoms with van der Waals surface area (Å²) in [7, 11) is 1.60. The maximum Gasteiger partial charge on any atom is 0.410 e. The van der Waals surface area contributed by atoms with Crippen LogP contribution in [0.1, 0.15) is 44.2 Å². The molecule has 0 spiro atoms. The first-order valence-electron chi connectivity index (χ1n) is 11.8. The first-order valence-corrected chi connectivity index (χ1v) is 12.2. The molecule has 0 bridgehead atoms. The third kappa shape index (κ3) is 7.10. The summed E-state index contributed by atoms with van der Waals surface area (Å²) < 4.78 is 10.6. The van der Waals surface area contributed by atoms with Gasteiger partial charge in [-0.15, -0.1) is 10.2 Å². The van der Waals surface area contributed by atoms with Crippen molar-refractivity contribution in [3.8, 4) is 5.75 Å². The van der Waals surface area contributed by atoms with Crippen LogP contribution in [-0.2, 0) is 11.2 Å². The first kappa shape index (κ1) is 26.2. The Labute approximate surface area is 220 Å². The highest BCUT2D eigenvalue weighted by atomic mass is 35.5. The van der Waals surface area contributed by atoms with E-state index in [0.29, 0.717) is 36.0 Å². The van der Waals surface area contributed by atoms with E-state index in [9.17, 15) is 9.59 Å². The molecule has 0 saturated carbocycles. The third-order valence-corrected chi connectivity index (χ3v) is 5.85. The van der Waals surface area contributed by atoms with Crippen molar-refractivity contribution < 1.29 is 19.1 Å².